The first-order chi connectivity index (χ1) is 8.45. The van der Waals surface area contributed by atoms with Crippen LogP contribution in [0.1, 0.15) is 53.4 Å². The van der Waals surface area contributed by atoms with E-state index in [9.17, 15) is 4.79 Å². The molecule has 2 nitrogen and oxygen atoms in total. The third-order valence-corrected chi connectivity index (χ3v) is 3.41. The summed E-state index contributed by atoms with van der Waals surface area (Å²) in [4.78, 5) is 10.7. The van der Waals surface area contributed by atoms with Crippen molar-refractivity contribution < 1.29 is 9.90 Å². The van der Waals surface area contributed by atoms with Gasteiger partial charge in [0.15, 0.2) is 0 Å². The zero-order chi connectivity index (χ0) is 13.7. The fourth-order valence-corrected chi connectivity index (χ4v) is 2.80. The minimum absolute atomic E-state index is 0.518. The van der Waals surface area contributed by atoms with E-state index in [0.29, 0.717) is 5.92 Å². The second-order valence-electron chi connectivity index (χ2n) is 5.28. The molecule has 0 unspecified atom stereocenters. The molecule has 0 fully saturated rings. The van der Waals surface area contributed by atoms with Gasteiger partial charge in [-0.1, -0.05) is 32.4 Å². The third kappa shape index (κ3) is 3.86. The van der Waals surface area contributed by atoms with Crippen molar-refractivity contribution in [1.29, 1.82) is 0 Å². The number of rotatable bonds is 4. The molecular formula is C16H24O2. The van der Waals surface area contributed by atoms with Gasteiger partial charge in [-0.05, 0) is 55.2 Å². The second-order valence-corrected chi connectivity index (χ2v) is 5.28. The summed E-state index contributed by atoms with van der Waals surface area (Å²) < 4.78 is 0. The van der Waals surface area contributed by atoms with Gasteiger partial charge < -0.3 is 5.11 Å². The van der Waals surface area contributed by atoms with Gasteiger partial charge in [-0.25, -0.2) is 4.79 Å². The van der Waals surface area contributed by atoms with E-state index in [2.05, 4.69) is 26.8 Å². The molecule has 0 aromatic heterocycles. The van der Waals surface area contributed by atoms with Gasteiger partial charge in [0.1, 0.15) is 0 Å². The molecule has 18 heavy (non-hydrogen) atoms. The molecule has 0 aliphatic heterocycles. The van der Waals surface area contributed by atoms with Crippen LogP contribution in [0.3, 0.4) is 0 Å². The predicted octanol–water partition coefficient (Wildman–Crippen LogP) is 4.49. The number of allylic oxidation sites excluding steroid dienone is 5. The van der Waals surface area contributed by atoms with Crippen LogP contribution in [0.4, 0.5) is 0 Å². The maximum Gasteiger partial charge on any atom is 0.328 e. The predicted molar refractivity (Wildman–Crippen MR) is 75.5 cm³/mol. The quantitative estimate of drug-likeness (QED) is 0.744. The smallest absolute Gasteiger partial charge is 0.328 e. The minimum Gasteiger partial charge on any atom is -0.478 e. The molecule has 1 rings (SSSR count). The standard InChI is InChI=1S/C16H24O2/c1-5-13-7-6-8-14(16(13)11(2)3)9-12(4)10-15(17)18/h9-11H,5-8H2,1-4H3,(H,17,18)/b12-10-,14-9+. The van der Waals surface area contributed by atoms with Crippen LogP contribution in [-0.4, -0.2) is 11.1 Å². The van der Waals surface area contributed by atoms with Gasteiger partial charge in [0.25, 0.3) is 0 Å². The van der Waals surface area contributed by atoms with Gasteiger partial charge in [-0.3, -0.25) is 0 Å². The third-order valence-electron chi connectivity index (χ3n) is 3.41. The Labute approximate surface area is 110 Å². The van der Waals surface area contributed by atoms with Crippen LogP contribution in [0, 0.1) is 5.92 Å². The largest absolute Gasteiger partial charge is 0.478 e. The van der Waals surface area contributed by atoms with Crippen LogP contribution in [0.25, 0.3) is 0 Å². The fraction of sp³-hybridized carbons (Fsp3) is 0.562. The Morgan fingerprint density at radius 1 is 1.39 bits per heavy atom. The van der Waals surface area contributed by atoms with Gasteiger partial charge in [-0.15, -0.1) is 0 Å². The lowest BCUT2D eigenvalue weighted by Gasteiger charge is -2.26. The maximum absolute atomic E-state index is 10.7. The molecule has 0 saturated carbocycles. The van der Waals surface area contributed by atoms with Crippen LogP contribution in [0.2, 0.25) is 0 Å². The highest BCUT2D eigenvalue weighted by atomic mass is 16.4. The molecule has 0 aromatic rings. The number of carboxylic acids is 1. The summed E-state index contributed by atoms with van der Waals surface area (Å²) in [6, 6.07) is 0. The van der Waals surface area contributed by atoms with E-state index in [0.717, 1.165) is 18.4 Å². The van der Waals surface area contributed by atoms with Crippen molar-refractivity contribution in [1.82, 2.24) is 0 Å². The van der Waals surface area contributed by atoms with E-state index in [4.69, 9.17) is 5.11 Å². The van der Waals surface area contributed by atoms with Crippen LogP contribution in [-0.2, 0) is 4.79 Å². The maximum atomic E-state index is 10.7. The molecule has 2 heteroatoms. The Bertz CT molecular complexity index is 409. The lowest BCUT2D eigenvalue weighted by Crippen LogP contribution is -2.08. The number of carbonyl (C=O) groups is 1. The summed E-state index contributed by atoms with van der Waals surface area (Å²) >= 11 is 0. The Balaban J connectivity index is 3.14. The van der Waals surface area contributed by atoms with E-state index in [-0.39, 0.29) is 0 Å². The summed E-state index contributed by atoms with van der Waals surface area (Å²) in [5.74, 6) is -0.352. The molecule has 1 N–H and O–H groups in total. The van der Waals surface area contributed by atoms with Gasteiger partial charge in [0.2, 0.25) is 0 Å². The summed E-state index contributed by atoms with van der Waals surface area (Å²) in [6.45, 7) is 8.51. The fourth-order valence-electron chi connectivity index (χ4n) is 2.80. The van der Waals surface area contributed by atoms with E-state index in [1.807, 2.05) is 6.92 Å². The first-order valence-corrected chi connectivity index (χ1v) is 6.79. The summed E-state index contributed by atoms with van der Waals surface area (Å²) in [7, 11) is 0. The molecule has 0 bridgehead atoms. The highest BCUT2D eigenvalue weighted by Gasteiger charge is 2.18. The SMILES string of the molecule is CCC1=C(C(C)C)/C(=C/C(C)=C\C(=O)O)CCC1. The van der Waals surface area contributed by atoms with Crippen LogP contribution in [0.15, 0.2) is 34.4 Å². The highest BCUT2D eigenvalue weighted by molar-refractivity contribution is 5.81. The normalized spacial score (nSPS) is 19.8. The van der Waals surface area contributed by atoms with Crippen LogP contribution < -0.4 is 0 Å². The number of hydrogen-bond donors (Lipinski definition) is 1. The molecule has 100 valence electrons. The van der Waals surface area contributed by atoms with E-state index < -0.39 is 5.97 Å². The Kier molecular flexibility index (Phi) is 5.39. The summed E-state index contributed by atoms with van der Waals surface area (Å²) in [5, 5.41) is 8.77. The summed E-state index contributed by atoms with van der Waals surface area (Å²) in [5.41, 5.74) is 5.17. The molecular weight excluding hydrogens is 224 g/mol. The van der Waals surface area contributed by atoms with Gasteiger partial charge in [0, 0.05) is 6.08 Å². The number of aliphatic carboxylic acids is 1. The molecule has 0 heterocycles. The van der Waals surface area contributed by atoms with Crippen molar-refractivity contribution in [2.75, 3.05) is 0 Å². The zero-order valence-electron chi connectivity index (χ0n) is 11.9. The topological polar surface area (TPSA) is 37.3 Å². The van der Waals surface area contributed by atoms with Crippen molar-refractivity contribution >= 4 is 5.97 Å². The molecule has 0 saturated heterocycles. The molecule has 0 amide bonds. The van der Waals surface area contributed by atoms with Gasteiger partial charge >= 0.3 is 5.97 Å². The molecule has 0 radical (unpaired) electrons. The molecule has 0 atom stereocenters. The summed E-state index contributed by atoms with van der Waals surface area (Å²) in [6.07, 6.45) is 7.90. The number of hydrogen-bond acceptors (Lipinski definition) is 1. The minimum atomic E-state index is -0.869. The molecule has 0 spiro atoms. The zero-order valence-corrected chi connectivity index (χ0v) is 11.9. The van der Waals surface area contributed by atoms with Crippen molar-refractivity contribution in [2.45, 2.75) is 53.4 Å². The Morgan fingerprint density at radius 3 is 2.56 bits per heavy atom. The van der Waals surface area contributed by atoms with Gasteiger partial charge in [-0.2, -0.15) is 0 Å². The highest BCUT2D eigenvalue weighted by Crippen LogP contribution is 2.36. The molecule has 1 aliphatic rings. The number of carboxylic acid groups (broad SMARTS) is 1. The monoisotopic (exact) mass is 248 g/mol. The van der Waals surface area contributed by atoms with E-state index in [1.165, 1.54) is 30.1 Å². The first-order valence-electron chi connectivity index (χ1n) is 6.79. The lowest BCUT2D eigenvalue weighted by molar-refractivity contribution is -0.131. The van der Waals surface area contributed by atoms with E-state index >= 15 is 0 Å². The van der Waals surface area contributed by atoms with Crippen molar-refractivity contribution in [3.8, 4) is 0 Å². The Hall–Kier alpha value is -1.31. The van der Waals surface area contributed by atoms with Crippen molar-refractivity contribution in [3.05, 3.63) is 34.4 Å². The molecule has 1 aliphatic carbocycles. The van der Waals surface area contributed by atoms with Crippen molar-refractivity contribution in [2.24, 2.45) is 5.92 Å². The van der Waals surface area contributed by atoms with Crippen LogP contribution >= 0.6 is 0 Å². The van der Waals surface area contributed by atoms with Crippen molar-refractivity contribution in [3.63, 3.8) is 0 Å². The second kappa shape index (κ2) is 6.58. The average molecular weight is 248 g/mol. The Morgan fingerprint density at radius 2 is 2.06 bits per heavy atom. The van der Waals surface area contributed by atoms with E-state index in [1.54, 1.807) is 5.57 Å². The molecule has 0 aromatic carbocycles. The lowest BCUT2D eigenvalue weighted by atomic mass is 9.80. The average Bonchev–Trinajstić information content (AvgIpc) is 2.26. The van der Waals surface area contributed by atoms with Crippen LogP contribution in [0.5, 0.6) is 0 Å². The first kappa shape index (κ1) is 14.7. The van der Waals surface area contributed by atoms with Gasteiger partial charge in [0.05, 0.1) is 0 Å².